The van der Waals surface area contributed by atoms with Crippen molar-refractivity contribution in [1.29, 1.82) is 0 Å². The number of hydrogen-bond donors (Lipinski definition) is 1. The molecule has 0 aromatic carbocycles. The lowest BCUT2D eigenvalue weighted by atomic mass is 9.72. The Kier molecular flexibility index (Phi) is 3.94. The maximum absolute atomic E-state index is 4.26. The van der Waals surface area contributed by atoms with Crippen LogP contribution in [-0.2, 0) is 0 Å². The average molecular weight is 218 g/mol. The topological polar surface area (TPSA) is 24.9 Å². The van der Waals surface area contributed by atoms with Gasteiger partial charge in [0.15, 0.2) is 0 Å². The second-order valence-corrected chi connectivity index (χ2v) is 5.13. The van der Waals surface area contributed by atoms with Crippen LogP contribution < -0.4 is 5.32 Å². The van der Waals surface area contributed by atoms with Gasteiger partial charge in [0.05, 0.1) is 0 Å². The highest BCUT2D eigenvalue weighted by Gasteiger charge is 2.29. The Morgan fingerprint density at radius 2 is 2.31 bits per heavy atom. The van der Waals surface area contributed by atoms with Crippen molar-refractivity contribution >= 4 is 0 Å². The lowest BCUT2D eigenvalue weighted by Crippen LogP contribution is -2.29. The summed E-state index contributed by atoms with van der Waals surface area (Å²) < 4.78 is 0. The third-order valence-electron chi connectivity index (χ3n) is 3.83. The van der Waals surface area contributed by atoms with E-state index in [2.05, 4.69) is 36.4 Å². The van der Waals surface area contributed by atoms with Crippen LogP contribution in [0.5, 0.6) is 0 Å². The summed E-state index contributed by atoms with van der Waals surface area (Å²) in [6.07, 6.45) is 7.96. The van der Waals surface area contributed by atoms with Crippen LogP contribution in [0.25, 0.3) is 0 Å². The van der Waals surface area contributed by atoms with E-state index < -0.39 is 0 Å². The standard InChI is InChI=1S/C14H22N2/c1-11-5-6-13(9-15-2)14(8-11)12-4-3-7-16-10-12/h3-4,7,10-11,13-15H,5-6,8-9H2,1-2H3. The number of rotatable bonds is 3. The van der Waals surface area contributed by atoms with Crippen LogP contribution in [0.15, 0.2) is 24.5 Å². The molecule has 16 heavy (non-hydrogen) atoms. The van der Waals surface area contributed by atoms with Crippen molar-refractivity contribution in [3.8, 4) is 0 Å². The van der Waals surface area contributed by atoms with E-state index in [0.29, 0.717) is 5.92 Å². The van der Waals surface area contributed by atoms with Gasteiger partial charge in [-0.05, 0) is 55.8 Å². The van der Waals surface area contributed by atoms with Crippen LogP contribution in [0.4, 0.5) is 0 Å². The van der Waals surface area contributed by atoms with Crippen LogP contribution in [0.2, 0.25) is 0 Å². The van der Waals surface area contributed by atoms with Crippen LogP contribution in [0.1, 0.15) is 37.7 Å². The first-order valence-corrected chi connectivity index (χ1v) is 6.35. The van der Waals surface area contributed by atoms with Crippen molar-refractivity contribution in [2.45, 2.75) is 32.1 Å². The van der Waals surface area contributed by atoms with E-state index in [4.69, 9.17) is 0 Å². The molecule has 0 aliphatic heterocycles. The predicted molar refractivity (Wildman–Crippen MR) is 67.4 cm³/mol. The van der Waals surface area contributed by atoms with E-state index in [9.17, 15) is 0 Å². The molecule has 1 aliphatic carbocycles. The Hall–Kier alpha value is -0.890. The molecular weight excluding hydrogens is 196 g/mol. The molecule has 1 saturated carbocycles. The zero-order chi connectivity index (χ0) is 11.4. The van der Waals surface area contributed by atoms with Gasteiger partial charge < -0.3 is 5.32 Å². The highest BCUT2D eigenvalue weighted by atomic mass is 14.8. The quantitative estimate of drug-likeness (QED) is 0.844. The minimum absolute atomic E-state index is 0.699. The molecule has 1 fully saturated rings. The summed E-state index contributed by atoms with van der Waals surface area (Å²) in [4.78, 5) is 4.26. The van der Waals surface area contributed by atoms with Gasteiger partial charge in [0.2, 0.25) is 0 Å². The smallest absolute Gasteiger partial charge is 0.0302 e. The third-order valence-corrected chi connectivity index (χ3v) is 3.83. The van der Waals surface area contributed by atoms with Crippen molar-refractivity contribution in [3.63, 3.8) is 0 Å². The molecule has 2 rings (SSSR count). The molecule has 0 radical (unpaired) electrons. The van der Waals surface area contributed by atoms with Crippen molar-refractivity contribution in [2.75, 3.05) is 13.6 Å². The van der Waals surface area contributed by atoms with Crippen molar-refractivity contribution in [2.24, 2.45) is 11.8 Å². The molecule has 0 amide bonds. The largest absolute Gasteiger partial charge is 0.319 e. The highest BCUT2D eigenvalue weighted by molar-refractivity contribution is 5.17. The predicted octanol–water partition coefficient (Wildman–Crippen LogP) is 2.82. The summed E-state index contributed by atoms with van der Waals surface area (Å²) >= 11 is 0. The van der Waals surface area contributed by atoms with Crippen LogP contribution >= 0.6 is 0 Å². The second-order valence-electron chi connectivity index (χ2n) is 5.13. The van der Waals surface area contributed by atoms with Gasteiger partial charge in [-0.1, -0.05) is 19.4 Å². The molecule has 0 bridgehead atoms. The fraction of sp³-hybridized carbons (Fsp3) is 0.643. The molecule has 3 unspecified atom stereocenters. The number of hydrogen-bond acceptors (Lipinski definition) is 2. The van der Waals surface area contributed by atoms with Crippen molar-refractivity contribution in [3.05, 3.63) is 30.1 Å². The Balaban J connectivity index is 2.14. The van der Waals surface area contributed by atoms with Gasteiger partial charge in [0.25, 0.3) is 0 Å². The molecule has 1 aliphatic rings. The summed E-state index contributed by atoms with van der Waals surface area (Å²) in [6, 6.07) is 4.30. The van der Waals surface area contributed by atoms with Crippen LogP contribution in [0.3, 0.4) is 0 Å². The molecule has 2 heteroatoms. The Labute approximate surface area is 98.5 Å². The average Bonchev–Trinajstić information content (AvgIpc) is 2.33. The van der Waals surface area contributed by atoms with Gasteiger partial charge in [-0.15, -0.1) is 0 Å². The normalized spacial score (nSPS) is 30.2. The molecule has 1 aromatic rings. The summed E-state index contributed by atoms with van der Waals surface area (Å²) in [6.45, 7) is 3.51. The summed E-state index contributed by atoms with van der Waals surface area (Å²) in [5.41, 5.74) is 1.43. The maximum atomic E-state index is 4.26. The van der Waals surface area contributed by atoms with Gasteiger partial charge in [-0.2, -0.15) is 0 Å². The molecule has 0 saturated heterocycles. The number of aromatic nitrogens is 1. The minimum Gasteiger partial charge on any atom is -0.319 e. The Bertz CT molecular complexity index is 310. The van der Waals surface area contributed by atoms with E-state index >= 15 is 0 Å². The molecule has 1 heterocycles. The zero-order valence-electron chi connectivity index (χ0n) is 10.3. The van der Waals surface area contributed by atoms with Gasteiger partial charge in [0, 0.05) is 12.4 Å². The minimum atomic E-state index is 0.699. The lowest BCUT2D eigenvalue weighted by molar-refractivity contribution is 0.245. The van der Waals surface area contributed by atoms with E-state index in [-0.39, 0.29) is 0 Å². The first-order chi connectivity index (χ1) is 7.81. The highest BCUT2D eigenvalue weighted by Crippen LogP contribution is 2.39. The number of pyridine rings is 1. The van der Waals surface area contributed by atoms with E-state index in [1.807, 2.05) is 12.4 Å². The van der Waals surface area contributed by atoms with Gasteiger partial charge >= 0.3 is 0 Å². The molecular formula is C14H22N2. The molecule has 0 spiro atoms. The molecule has 1 aromatic heterocycles. The van der Waals surface area contributed by atoms with Gasteiger partial charge in [-0.25, -0.2) is 0 Å². The summed E-state index contributed by atoms with van der Waals surface area (Å²) in [5.74, 6) is 2.34. The third kappa shape index (κ3) is 2.62. The summed E-state index contributed by atoms with van der Waals surface area (Å²) in [5, 5.41) is 3.33. The zero-order valence-corrected chi connectivity index (χ0v) is 10.3. The maximum Gasteiger partial charge on any atom is 0.0302 e. The fourth-order valence-corrected chi connectivity index (χ4v) is 2.95. The van der Waals surface area contributed by atoms with E-state index in [1.165, 1.54) is 24.8 Å². The van der Waals surface area contributed by atoms with Gasteiger partial charge in [0.1, 0.15) is 0 Å². The Morgan fingerprint density at radius 1 is 1.44 bits per heavy atom. The lowest BCUT2D eigenvalue weighted by Gasteiger charge is -2.35. The molecule has 88 valence electrons. The van der Waals surface area contributed by atoms with Gasteiger partial charge in [-0.3, -0.25) is 4.98 Å². The molecule has 3 atom stereocenters. The SMILES string of the molecule is CNCC1CCC(C)CC1c1cccnc1. The van der Waals surface area contributed by atoms with E-state index in [1.54, 1.807) is 0 Å². The molecule has 1 N–H and O–H groups in total. The number of nitrogens with one attached hydrogen (secondary N) is 1. The fourth-order valence-electron chi connectivity index (χ4n) is 2.95. The first-order valence-electron chi connectivity index (χ1n) is 6.35. The number of nitrogens with zero attached hydrogens (tertiary/aromatic N) is 1. The van der Waals surface area contributed by atoms with Crippen molar-refractivity contribution < 1.29 is 0 Å². The van der Waals surface area contributed by atoms with E-state index in [0.717, 1.165) is 18.4 Å². The summed E-state index contributed by atoms with van der Waals surface area (Å²) in [7, 11) is 2.05. The van der Waals surface area contributed by atoms with Crippen LogP contribution in [0, 0.1) is 11.8 Å². The first kappa shape index (κ1) is 11.6. The Morgan fingerprint density at radius 3 is 3.00 bits per heavy atom. The van der Waals surface area contributed by atoms with Crippen molar-refractivity contribution in [1.82, 2.24) is 10.3 Å². The van der Waals surface area contributed by atoms with Crippen LogP contribution in [-0.4, -0.2) is 18.6 Å². The second kappa shape index (κ2) is 5.44. The molecule has 2 nitrogen and oxygen atoms in total. The monoisotopic (exact) mass is 218 g/mol.